The number of hydrogen-bond acceptors (Lipinski definition) is 4. The zero-order chi connectivity index (χ0) is 16.7. The van der Waals surface area contributed by atoms with Crippen LogP contribution in [0.1, 0.15) is 41.7 Å². The molecule has 0 spiro atoms. The maximum atomic E-state index is 4.76. The van der Waals surface area contributed by atoms with Crippen LogP contribution in [0.5, 0.6) is 0 Å². The van der Waals surface area contributed by atoms with E-state index in [1.807, 2.05) is 17.5 Å². The summed E-state index contributed by atoms with van der Waals surface area (Å²) in [6, 6.07) is 8.59. The third-order valence-corrected chi connectivity index (χ3v) is 6.84. The SMILES string of the molecule is CC(C)c1ncc2c(n1)CCN(Cc1sc3ccccc3c1Br)C2. The molecule has 0 saturated carbocycles. The number of rotatable bonds is 3. The molecule has 0 atom stereocenters. The molecule has 0 amide bonds. The van der Waals surface area contributed by atoms with E-state index in [-0.39, 0.29) is 0 Å². The van der Waals surface area contributed by atoms with Gasteiger partial charge in [-0.3, -0.25) is 4.90 Å². The van der Waals surface area contributed by atoms with E-state index in [0.717, 1.165) is 31.9 Å². The van der Waals surface area contributed by atoms with Gasteiger partial charge in [-0.2, -0.15) is 0 Å². The van der Waals surface area contributed by atoms with E-state index >= 15 is 0 Å². The molecule has 0 N–H and O–H groups in total. The third-order valence-electron chi connectivity index (χ3n) is 4.52. The zero-order valence-corrected chi connectivity index (χ0v) is 16.3. The Morgan fingerprint density at radius 1 is 1.29 bits per heavy atom. The van der Waals surface area contributed by atoms with Crippen molar-refractivity contribution in [3.63, 3.8) is 0 Å². The van der Waals surface area contributed by atoms with Gasteiger partial charge in [0, 0.05) is 68.9 Å². The van der Waals surface area contributed by atoms with Crippen LogP contribution < -0.4 is 0 Å². The fraction of sp³-hybridized carbons (Fsp3) is 0.368. The van der Waals surface area contributed by atoms with E-state index in [1.54, 1.807) is 0 Å². The van der Waals surface area contributed by atoms with Gasteiger partial charge in [0.2, 0.25) is 0 Å². The maximum absolute atomic E-state index is 4.76. The summed E-state index contributed by atoms with van der Waals surface area (Å²) in [6.45, 7) is 7.27. The predicted octanol–water partition coefficient (Wildman–Crippen LogP) is 5.14. The number of benzene rings is 1. The highest BCUT2D eigenvalue weighted by Gasteiger charge is 2.21. The molecule has 3 aromatic rings. The fourth-order valence-electron chi connectivity index (χ4n) is 3.17. The number of fused-ring (bicyclic) bond motifs is 2. The standard InChI is InChI=1S/C19H20BrN3S/c1-12(2)19-21-9-13-10-23(8-7-15(13)22-19)11-17-18(20)14-5-3-4-6-16(14)24-17/h3-6,9,12H,7-8,10-11H2,1-2H3. The molecule has 5 heteroatoms. The van der Waals surface area contributed by atoms with E-state index in [0.29, 0.717) is 5.92 Å². The summed E-state index contributed by atoms with van der Waals surface area (Å²) in [6.07, 6.45) is 3.05. The quantitative estimate of drug-likeness (QED) is 0.608. The largest absolute Gasteiger partial charge is 0.293 e. The van der Waals surface area contributed by atoms with E-state index in [2.05, 4.69) is 63.9 Å². The van der Waals surface area contributed by atoms with E-state index in [4.69, 9.17) is 4.98 Å². The Hall–Kier alpha value is -1.30. The van der Waals surface area contributed by atoms with Gasteiger partial charge < -0.3 is 0 Å². The minimum Gasteiger partial charge on any atom is -0.293 e. The van der Waals surface area contributed by atoms with Gasteiger partial charge >= 0.3 is 0 Å². The van der Waals surface area contributed by atoms with Crippen LogP contribution in [0.4, 0.5) is 0 Å². The van der Waals surface area contributed by atoms with E-state index < -0.39 is 0 Å². The molecule has 1 aliphatic heterocycles. The molecule has 124 valence electrons. The maximum Gasteiger partial charge on any atom is 0.131 e. The van der Waals surface area contributed by atoms with Crippen molar-refractivity contribution in [3.05, 3.63) is 56.9 Å². The summed E-state index contributed by atoms with van der Waals surface area (Å²) in [7, 11) is 0. The molecular formula is C19H20BrN3S. The fourth-order valence-corrected chi connectivity index (χ4v) is 5.16. The minimum atomic E-state index is 0.392. The number of thiophene rings is 1. The number of nitrogens with zero attached hydrogens (tertiary/aromatic N) is 3. The van der Waals surface area contributed by atoms with Crippen molar-refractivity contribution in [3.8, 4) is 0 Å². The van der Waals surface area contributed by atoms with Crippen molar-refractivity contribution >= 4 is 37.4 Å². The van der Waals surface area contributed by atoms with Gasteiger partial charge in [0.05, 0.1) is 0 Å². The van der Waals surface area contributed by atoms with Gasteiger partial charge in [0.1, 0.15) is 5.82 Å². The second-order valence-corrected chi connectivity index (χ2v) is 8.58. The summed E-state index contributed by atoms with van der Waals surface area (Å²) in [4.78, 5) is 13.2. The first-order chi connectivity index (χ1) is 11.6. The molecule has 0 saturated heterocycles. The number of hydrogen-bond donors (Lipinski definition) is 0. The highest BCUT2D eigenvalue weighted by Crippen LogP contribution is 2.36. The Morgan fingerprint density at radius 2 is 2.12 bits per heavy atom. The first-order valence-corrected chi connectivity index (χ1v) is 9.95. The first-order valence-electron chi connectivity index (χ1n) is 8.34. The number of halogens is 1. The molecular weight excluding hydrogens is 382 g/mol. The summed E-state index contributed by atoms with van der Waals surface area (Å²) in [5.41, 5.74) is 2.52. The third kappa shape index (κ3) is 3.01. The van der Waals surface area contributed by atoms with Crippen LogP contribution in [-0.4, -0.2) is 21.4 Å². The van der Waals surface area contributed by atoms with E-state index in [1.165, 1.54) is 30.7 Å². The van der Waals surface area contributed by atoms with Crippen LogP contribution in [0.25, 0.3) is 10.1 Å². The van der Waals surface area contributed by atoms with Crippen LogP contribution in [-0.2, 0) is 19.5 Å². The molecule has 3 heterocycles. The van der Waals surface area contributed by atoms with Crippen LogP contribution >= 0.6 is 27.3 Å². The van der Waals surface area contributed by atoms with Gasteiger partial charge in [-0.1, -0.05) is 32.0 Å². The zero-order valence-electron chi connectivity index (χ0n) is 13.9. The van der Waals surface area contributed by atoms with Gasteiger partial charge in [-0.15, -0.1) is 11.3 Å². The molecule has 1 aliphatic rings. The molecule has 0 unspecified atom stereocenters. The van der Waals surface area contributed by atoms with Crippen LogP contribution in [0.2, 0.25) is 0 Å². The molecule has 3 nitrogen and oxygen atoms in total. The normalized spacial score (nSPS) is 15.2. The van der Waals surface area contributed by atoms with Crippen molar-refractivity contribution < 1.29 is 0 Å². The Balaban J connectivity index is 1.55. The first kappa shape index (κ1) is 16.2. The van der Waals surface area contributed by atoms with Gasteiger partial charge in [-0.05, 0) is 22.0 Å². The average Bonchev–Trinajstić information content (AvgIpc) is 2.90. The lowest BCUT2D eigenvalue weighted by Gasteiger charge is -2.28. The molecule has 24 heavy (non-hydrogen) atoms. The Kier molecular flexibility index (Phi) is 4.41. The van der Waals surface area contributed by atoms with Crippen LogP contribution in [0.3, 0.4) is 0 Å². The lowest BCUT2D eigenvalue weighted by Crippen LogP contribution is -2.31. The lowest BCUT2D eigenvalue weighted by atomic mass is 10.1. The molecule has 0 fully saturated rings. The lowest BCUT2D eigenvalue weighted by molar-refractivity contribution is 0.244. The van der Waals surface area contributed by atoms with Crippen molar-refractivity contribution in [1.82, 2.24) is 14.9 Å². The molecule has 0 aliphatic carbocycles. The second kappa shape index (κ2) is 6.54. The van der Waals surface area contributed by atoms with Crippen molar-refractivity contribution in [2.24, 2.45) is 0 Å². The Labute approximate surface area is 154 Å². The van der Waals surface area contributed by atoms with Gasteiger partial charge in [0.25, 0.3) is 0 Å². The molecule has 2 aromatic heterocycles. The summed E-state index contributed by atoms with van der Waals surface area (Å²) < 4.78 is 2.60. The highest BCUT2D eigenvalue weighted by molar-refractivity contribution is 9.10. The summed E-state index contributed by atoms with van der Waals surface area (Å²) in [5, 5.41) is 1.32. The van der Waals surface area contributed by atoms with Crippen molar-refractivity contribution in [1.29, 1.82) is 0 Å². The van der Waals surface area contributed by atoms with Gasteiger partial charge in [-0.25, -0.2) is 9.97 Å². The smallest absolute Gasteiger partial charge is 0.131 e. The Bertz CT molecular complexity index is 887. The number of aromatic nitrogens is 2. The van der Waals surface area contributed by atoms with Crippen molar-refractivity contribution in [2.75, 3.05) is 6.54 Å². The topological polar surface area (TPSA) is 29.0 Å². The monoisotopic (exact) mass is 401 g/mol. The molecule has 0 radical (unpaired) electrons. The van der Waals surface area contributed by atoms with Gasteiger partial charge in [0.15, 0.2) is 0 Å². The average molecular weight is 402 g/mol. The predicted molar refractivity (Wildman–Crippen MR) is 103 cm³/mol. The van der Waals surface area contributed by atoms with Crippen LogP contribution in [0.15, 0.2) is 34.9 Å². The minimum absolute atomic E-state index is 0.392. The Morgan fingerprint density at radius 3 is 2.92 bits per heavy atom. The summed E-state index contributed by atoms with van der Waals surface area (Å²) in [5.74, 6) is 1.36. The van der Waals surface area contributed by atoms with Crippen molar-refractivity contribution in [2.45, 2.75) is 39.3 Å². The molecule has 1 aromatic carbocycles. The molecule has 0 bridgehead atoms. The van der Waals surface area contributed by atoms with Crippen LogP contribution in [0, 0.1) is 0 Å². The second-order valence-electron chi connectivity index (χ2n) is 6.65. The highest BCUT2D eigenvalue weighted by atomic mass is 79.9. The molecule has 4 rings (SSSR count). The van der Waals surface area contributed by atoms with E-state index in [9.17, 15) is 0 Å². The summed E-state index contributed by atoms with van der Waals surface area (Å²) >= 11 is 5.68.